The van der Waals surface area contributed by atoms with Gasteiger partial charge in [0, 0.05) is 30.1 Å². The van der Waals surface area contributed by atoms with Gasteiger partial charge < -0.3 is 14.6 Å². The summed E-state index contributed by atoms with van der Waals surface area (Å²) in [5.41, 5.74) is 1.99. The molecule has 0 radical (unpaired) electrons. The summed E-state index contributed by atoms with van der Waals surface area (Å²) < 4.78 is 5.39. The molecule has 5 heteroatoms. The molecule has 5 nitrogen and oxygen atoms in total. The summed E-state index contributed by atoms with van der Waals surface area (Å²) >= 11 is 0. The number of hydrogen-bond acceptors (Lipinski definition) is 4. The topological polar surface area (TPSA) is 58.4 Å². The molecular weight excluding hydrogens is 278 g/mol. The van der Waals surface area contributed by atoms with Gasteiger partial charge in [0.1, 0.15) is 5.69 Å². The number of furan rings is 1. The summed E-state index contributed by atoms with van der Waals surface area (Å²) in [4.78, 5) is 19.1. The van der Waals surface area contributed by atoms with Gasteiger partial charge in [-0.3, -0.25) is 4.79 Å². The monoisotopic (exact) mass is 297 g/mol. The van der Waals surface area contributed by atoms with E-state index in [-0.39, 0.29) is 11.9 Å². The minimum Gasteiger partial charge on any atom is -0.462 e. The van der Waals surface area contributed by atoms with Crippen LogP contribution >= 0.6 is 0 Å². The first-order chi connectivity index (χ1) is 10.7. The van der Waals surface area contributed by atoms with E-state index in [0.717, 1.165) is 29.8 Å². The molecule has 0 aliphatic carbocycles. The Morgan fingerprint density at radius 2 is 2.41 bits per heavy atom. The summed E-state index contributed by atoms with van der Waals surface area (Å²) in [5.74, 6) is 0.626. The van der Waals surface area contributed by atoms with E-state index in [1.54, 1.807) is 24.6 Å². The lowest BCUT2D eigenvalue weighted by Gasteiger charge is -2.30. The third kappa shape index (κ3) is 2.31. The highest BCUT2D eigenvalue weighted by Crippen LogP contribution is 2.27. The summed E-state index contributed by atoms with van der Waals surface area (Å²) in [7, 11) is 0. The maximum absolute atomic E-state index is 12.5. The van der Waals surface area contributed by atoms with E-state index < -0.39 is 0 Å². The number of pyridine rings is 1. The number of carbonyl (C=O) groups is 1. The zero-order valence-electron chi connectivity index (χ0n) is 12.4. The van der Waals surface area contributed by atoms with Crippen LogP contribution in [0.1, 0.15) is 28.9 Å². The van der Waals surface area contributed by atoms with E-state index in [4.69, 9.17) is 4.42 Å². The van der Waals surface area contributed by atoms with E-state index in [0.29, 0.717) is 11.3 Å². The van der Waals surface area contributed by atoms with Crippen LogP contribution in [0.3, 0.4) is 0 Å². The molecule has 0 aromatic carbocycles. The molecular formula is C17H19N3O2. The van der Waals surface area contributed by atoms with Crippen LogP contribution in [0.4, 0.5) is 0 Å². The largest absolute Gasteiger partial charge is 0.462 e. The summed E-state index contributed by atoms with van der Waals surface area (Å²) in [6, 6.07) is 2.01. The molecule has 4 heterocycles. The molecule has 2 aliphatic heterocycles. The molecule has 2 bridgehead atoms. The van der Waals surface area contributed by atoms with E-state index in [1.165, 1.54) is 19.5 Å². The molecule has 2 aliphatic rings. The predicted octanol–water partition coefficient (Wildman–Crippen LogP) is 2.29. The van der Waals surface area contributed by atoms with Gasteiger partial charge in [0.2, 0.25) is 0 Å². The Kier molecular flexibility index (Phi) is 3.22. The molecule has 2 aromatic heterocycles. The van der Waals surface area contributed by atoms with E-state index in [9.17, 15) is 4.79 Å². The number of piperidine rings is 1. The highest BCUT2D eigenvalue weighted by Gasteiger charge is 2.33. The maximum Gasteiger partial charge on any atom is 0.270 e. The van der Waals surface area contributed by atoms with Crippen LogP contribution in [0.2, 0.25) is 0 Å². The van der Waals surface area contributed by atoms with Gasteiger partial charge in [0.25, 0.3) is 5.91 Å². The highest BCUT2D eigenvalue weighted by molar-refractivity contribution is 5.97. The van der Waals surface area contributed by atoms with Crippen LogP contribution in [0.15, 0.2) is 29.5 Å². The molecule has 0 saturated carbocycles. The number of hydrogen-bond donors (Lipinski definition) is 1. The molecule has 1 N–H and O–H groups in total. The van der Waals surface area contributed by atoms with Gasteiger partial charge in [-0.1, -0.05) is 12.7 Å². The Labute approximate surface area is 129 Å². The summed E-state index contributed by atoms with van der Waals surface area (Å²) in [5, 5.41) is 4.01. The fourth-order valence-corrected chi connectivity index (χ4v) is 3.66. The first-order valence-corrected chi connectivity index (χ1v) is 7.76. The SMILES string of the molecule is C=Cc1coc2cnc(C(=O)NC3CC4CCN(C4)C3)cc12. The third-order valence-electron chi connectivity index (χ3n) is 4.75. The van der Waals surface area contributed by atoms with Crippen molar-refractivity contribution in [2.45, 2.75) is 18.9 Å². The van der Waals surface area contributed by atoms with Gasteiger partial charge in [-0.05, 0) is 31.4 Å². The van der Waals surface area contributed by atoms with Crippen molar-refractivity contribution in [3.8, 4) is 0 Å². The van der Waals surface area contributed by atoms with Gasteiger partial charge in [-0.25, -0.2) is 4.98 Å². The zero-order valence-corrected chi connectivity index (χ0v) is 12.4. The van der Waals surface area contributed by atoms with Crippen LogP contribution in [0.25, 0.3) is 17.0 Å². The number of aromatic nitrogens is 1. The van der Waals surface area contributed by atoms with Crippen molar-refractivity contribution in [3.63, 3.8) is 0 Å². The van der Waals surface area contributed by atoms with Crippen LogP contribution in [-0.4, -0.2) is 41.5 Å². The second kappa shape index (κ2) is 5.25. The Hall–Kier alpha value is -2.14. The van der Waals surface area contributed by atoms with E-state index in [2.05, 4.69) is 21.8 Å². The van der Waals surface area contributed by atoms with Crippen molar-refractivity contribution in [2.75, 3.05) is 19.6 Å². The lowest BCUT2D eigenvalue weighted by Crippen LogP contribution is -2.47. The van der Waals surface area contributed by atoms with Gasteiger partial charge in [0.15, 0.2) is 5.58 Å². The summed E-state index contributed by atoms with van der Waals surface area (Å²) in [6.45, 7) is 7.07. The predicted molar refractivity (Wildman–Crippen MR) is 84.5 cm³/mol. The fraction of sp³-hybridized carbons (Fsp3) is 0.412. The molecule has 1 amide bonds. The van der Waals surface area contributed by atoms with Crippen molar-refractivity contribution >= 4 is 23.0 Å². The Balaban J connectivity index is 1.53. The maximum atomic E-state index is 12.5. The van der Waals surface area contributed by atoms with E-state index >= 15 is 0 Å². The molecule has 2 saturated heterocycles. The molecule has 3 unspecified atom stereocenters. The second-order valence-electron chi connectivity index (χ2n) is 6.28. The second-order valence-corrected chi connectivity index (χ2v) is 6.28. The fourth-order valence-electron chi connectivity index (χ4n) is 3.66. The van der Waals surface area contributed by atoms with Gasteiger partial charge >= 0.3 is 0 Å². The smallest absolute Gasteiger partial charge is 0.270 e. The zero-order chi connectivity index (χ0) is 15.1. The number of carbonyl (C=O) groups excluding carboxylic acids is 1. The molecule has 0 spiro atoms. The molecule has 2 aromatic rings. The number of amides is 1. The Morgan fingerprint density at radius 3 is 3.23 bits per heavy atom. The molecule has 4 rings (SSSR count). The van der Waals surface area contributed by atoms with Gasteiger partial charge in [-0.2, -0.15) is 0 Å². The third-order valence-corrected chi connectivity index (χ3v) is 4.75. The van der Waals surface area contributed by atoms with Crippen molar-refractivity contribution in [1.29, 1.82) is 0 Å². The Bertz CT molecular complexity index is 725. The quantitative estimate of drug-likeness (QED) is 0.944. The minimum atomic E-state index is -0.106. The van der Waals surface area contributed by atoms with Crippen LogP contribution < -0.4 is 5.32 Å². The normalized spacial score (nSPS) is 27.0. The first-order valence-electron chi connectivity index (χ1n) is 7.76. The minimum absolute atomic E-state index is 0.106. The number of nitrogens with zero attached hydrogens (tertiary/aromatic N) is 2. The molecule has 3 atom stereocenters. The number of nitrogens with one attached hydrogen (secondary N) is 1. The molecule has 22 heavy (non-hydrogen) atoms. The molecule has 2 fully saturated rings. The van der Waals surface area contributed by atoms with Crippen molar-refractivity contribution in [2.24, 2.45) is 5.92 Å². The average Bonchev–Trinajstić information content (AvgIpc) is 3.09. The van der Waals surface area contributed by atoms with Crippen LogP contribution in [0.5, 0.6) is 0 Å². The van der Waals surface area contributed by atoms with Crippen molar-refractivity contribution in [3.05, 3.63) is 36.4 Å². The first kappa shape index (κ1) is 13.5. The van der Waals surface area contributed by atoms with Crippen LogP contribution in [0, 0.1) is 5.92 Å². The molecule has 114 valence electrons. The van der Waals surface area contributed by atoms with Crippen molar-refractivity contribution in [1.82, 2.24) is 15.2 Å². The number of rotatable bonds is 3. The van der Waals surface area contributed by atoms with Gasteiger partial charge in [-0.15, -0.1) is 0 Å². The van der Waals surface area contributed by atoms with E-state index in [1.807, 2.05) is 0 Å². The average molecular weight is 297 g/mol. The number of fused-ring (bicyclic) bond motifs is 3. The Morgan fingerprint density at radius 1 is 1.50 bits per heavy atom. The van der Waals surface area contributed by atoms with Gasteiger partial charge in [0.05, 0.1) is 12.5 Å². The standard InChI is InChI=1S/C17H19N3O2/c1-2-12-10-22-16-7-18-15(6-14(12)16)17(21)19-13-5-11-3-4-20(8-11)9-13/h2,6-7,10-11,13H,1,3-5,8-9H2,(H,19,21). The van der Waals surface area contributed by atoms with Crippen molar-refractivity contribution < 1.29 is 9.21 Å². The van der Waals surface area contributed by atoms with Crippen LogP contribution in [-0.2, 0) is 0 Å². The lowest BCUT2D eigenvalue weighted by molar-refractivity contribution is 0.0904. The highest BCUT2D eigenvalue weighted by atomic mass is 16.3. The summed E-state index contributed by atoms with van der Waals surface area (Å²) in [6.07, 6.45) is 7.29. The lowest BCUT2D eigenvalue weighted by atomic mass is 9.97.